The van der Waals surface area contributed by atoms with Gasteiger partial charge in [0.2, 0.25) is 11.8 Å². The first-order chi connectivity index (χ1) is 14.4. The Bertz CT molecular complexity index is 690. The average molecular weight is 418 g/mol. The minimum Gasteiger partial charge on any atom is -0.352 e. The molecule has 2 N–H and O–H groups in total. The van der Waals surface area contributed by atoms with Crippen LogP contribution in [0.15, 0.2) is 12.4 Å². The SMILES string of the molecule is Cc1nccn1C(C)C(=O)NCC(NC(=O)CCC1CCN(C)CC1)C1CCCC1. The second kappa shape index (κ2) is 10.9. The number of piperidine rings is 1. The maximum absolute atomic E-state index is 12.7. The van der Waals surface area contributed by atoms with Gasteiger partial charge in [-0.25, -0.2) is 4.98 Å². The van der Waals surface area contributed by atoms with Crippen LogP contribution in [0.2, 0.25) is 0 Å². The van der Waals surface area contributed by atoms with E-state index in [9.17, 15) is 9.59 Å². The molecule has 1 aromatic heterocycles. The largest absolute Gasteiger partial charge is 0.352 e. The van der Waals surface area contributed by atoms with E-state index in [1.54, 1.807) is 6.20 Å². The monoisotopic (exact) mass is 417 g/mol. The van der Waals surface area contributed by atoms with Crippen LogP contribution in [-0.2, 0) is 9.59 Å². The quantitative estimate of drug-likeness (QED) is 0.647. The number of aryl methyl sites for hydroxylation is 1. The molecule has 1 saturated heterocycles. The zero-order chi connectivity index (χ0) is 21.5. The van der Waals surface area contributed by atoms with E-state index in [-0.39, 0.29) is 23.9 Å². The number of hydrogen-bond donors (Lipinski definition) is 2. The van der Waals surface area contributed by atoms with Gasteiger partial charge in [-0.3, -0.25) is 9.59 Å². The fourth-order valence-electron chi connectivity index (χ4n) is 4.94. The first-order valence-electron chi connectivity index (χ1n) is 11.7. The first kappa shape index (κ1) is 22.8. The molecule has 1 aromatic rings. The maximum Gasteiger partial charge on any atom is 0.242 e. The van der Waals surface area contributed by atoms with Crippen molar-refractivity contribution in [3.05, 3.63) is 18.2 Å². The van der Waals surface area contributed by atoms with E-state index in [1.807, 2.05) is 24.6 Å². The Kier molecular flexibility index (Phi) is 8.31. The summed E-state index contributed by atoms with van der Waals surface area (Å²) in [5, 5.41) is 6.35. The molecule has 2 atom stereocenters. The number of nitrogens with one attached hydrogen (secondary N) is 2. The molecular weight excluding hydrogens is 378 g/mol. The minimum absolute atomic E-state index is 0.0255. The summed E-state index contributed by atoms with van der Waals surface area (Å²) in [5.74, 6) is 2.06. The number of hydrogen-bond acceptors (Lipinski definition) is 4. The number of carbonyl (C=O) groups is 2. The molecule has 3 rings (SSSR count). The third-order valence-corrected chi connectivity index (χ3v) is 7.09. The second-order valence-corrected chi connectivity index (χ2v) is 9.31. The van der Waals surface area contributed by atoms with Gasteiger partial charge in [0.1, 0.15) is 11.9 Å². The molecule has 2 aliphatic rings. The standard InChI is InChI=1S/C23H39N5O2/c1-17(28-15-12-24-18(28)2)23(30)25-16-21(20-6-4-5-7-20)26-22(29)9-8-19-10-13-27(3)14-11-19/h12,15,17,19-21H,4-11,13-14,16H2,1-3H3,(H,25,30)(H,26,29). The minimum atomic E-state index is -0.308. The lowest BCUT2D eigenvalue weighted by Crippen LogP contribution is -2.48. The molecule has 7 nitrogen and oxygen atoms in total. The van der Waals surface area contributed by atoms with Crippen molar-refractivity contribution in [2.24, 2.45) is 11.8 Å². The van der Waals surface area contributed by atoms with Gasteiger partial charge in [-0.1, -0.05) is 12.8 Å². The van der Waals surface area contributed by atoms with E-state index in [4.69, 9.17) is 0 Å². The van der Waals surface area contributed by atoms with Crippen LogP contribution in [0.25, 0.3) is 0 Å². The molecule has 0 spiro atoms. The van der Waals surface area contributed by atoms with Gasteiger partial charge in [-0.15, -0.1) is 0 Å². The molecule has 2 heterocycles. The molecule has 2 unspecified atom stereocenters. The highest BCUT2D eigenvalue weighted by atomic mass is 16.2. The fraction of sp³-hybridized carbons (Fsp3) is 0.783. The maximum atomic E-state index is 12.7. The summed E-state index contributed by atoms with van der Waals surface area (Å²) in [5.41, 5.74) is 0. The lowest BCUT2D eigenvalue weighted by Gasteiger charge is -2.29. The Morgan fingerprint density at radius 1 is 1.20 bits per heavy atom. The number of nitrogens with zero attached hydrogens (tertiary/aromatic N) is 3. The van der Waals surface area contributed by atoms with E-state index in [2.05, 4.69) is 27.6 Å². The molecule has 7 heteroatoms. The normalized spacial score (nSPS) is 20.8. The molecule has 0 bridgehead atoms. The number of aromatic nitrogens is 2. The zero-order valence-electron chi connectivity index (χ0n) is 18.9. The van der Waals surface area contributed by atoms with Gasteiger partial charge < -0.3 is 20.1 Å². The van der Waals surface area contributed by atoms with E-state index in [1.165, 1.54) is 25.7 Å². The highest BCUT2D eigenvalue weighted by molar-refractivity contribution is 5.80. The molecule has 0 aromatic carbocycles. The van der Waals surface area contributed by atoms with Gasteiger partial charge in [0.25, 0.3) is 0 Å². The van der Waals surface area contributed by atoms with Crippen molar-refractivity contribution in [3.63, 3.8) is 0 Å². The third-order valence-electron chi connectivity index (χ3n) is 7.09. The van der Waals surface area contributed by atoms with E-state index in [0.717, 1.165) is 38.2 Å². The van der Waals surface area contributed by atoms with Crippen molar-refractivity contribution in [1.82, 2.24) is 25.1 Å². The Morgan fingerprint density at radius 3 is 2.53 bits per heavy atom. The molecule has 168 valence electrons. The Hall–Kier alpha value is -1.89. The zero-order valence-corrected chi connectivity index (χ0v) is 18.9. The van der Waals surface area contributed by atoms with Crippen LogP contribution in [0.4, 0.5) is 0 Å². The molecule has 1 saturated carbocycles. The molecule has 1 aliphatic heterocycles. The van der Waals surface area contributed by atoms with Crippen molar-refractivity contribution < 1.29 is 9.59 Å². The van der Waals surface area contributed by atoms with Crippen LogP contribution in [0, 0.1) is 18.8 Å². The predicted octanol–water partition coefficient (Wildman–Crippen LogP) is 2.67. The second-order valence-electron chi connectivity index (χ2n) is 9.31. The fourth-order valence-corrected chi connectivity index (χ4v) is 4.94. The van der Waals surface area contributed by atoms with Gasteiger partial charge in [0, 0.05) is 31.4 Å². The summed E-state index contributed by atoms with van der Waals surface area (Å²) in [6.45, 7) is 6.56. The highest BCUT2D eigenvalue weighted by Crippen LogP contribution is 2.28. The number of carbonyl (C=O) groups excluding carboxylic acids is 2. The molecular formula is C23H39N5O2. The Labute approximate surface area is 181 Å². The topological polar surface area (TPSA) is 79.3 Å². The smallest absolute Gasteiger partial charge is 0.242 e. The van der Waals surface area contributed by atoms with Crippen LogP contribution in [0.1, 0.15) is 70.2 Å². The summed E-state index contributed by atoms with van der Waals surface area (Å²) in [4.78, 5) is 31.9. The van der Waals surface area contributed by atoms with Crippen molar-refractivity contribution in [1.29, 1.82) is 0 Å². The lowest BCUT2D eigenvalue weighted by molar-refractivity contribution is -0.125. The molecule has 1 aliphatic carbocycles. The molecule has 2 fully saturated rings. The summed E-state index contributed by atoms with van der Waals surface area (Å²) >= 11 is 0. The third kappa shape index (κ3) is 6.30. The number of imidazole rings is 1. The van der Waals surface area contributed by atoms with Gasteiger partial charge in [0.15, 0.2) is 0 Å². The summed E-state index contributed by atoms with van der Waals surface area (Å²) in [6.07, 6.45) is 12.2. The summed E-state index contributed by atoms with van der Waals surface area (Å²) < 4.78 is 1.88. The van der Waals surface area contributed by atoms with Crippen molar-refractivity contribution in [2.45, 2.75) is 77.3 Å². The van der Waals surface area contributed by atoms with Crippen LogP contribution in [0.5, 0.6) is 0 Å². The van der Waals surface area contributed by atoms with Crippen LogP contribution in [-0.4, -0.2) is 59.0 Å². The Morgan fingerprint density at radius 2 is 1.90 bits per heavy atom. The van der Waals surface area contributed by atoms with Crippen molar-refractivity contribution >= 4 is 11.8 Å². The van der Waals surface area contributed by atoms with E-state index < -0.39 is 0 Å². The highest BCUT2D eigenvalue weighted by Gasteiger charge is 2.28. The summed E-state index contributed by atoms with van der Waals surface area (Å²) in [7, 11) is 2.17. The van der Waals surface area contributed by atoms with Gasteiger partial charge in [-0.2, -0.15) is 0 Å². The van der Waals surface area contributed by atoms with Gasteiger partial charge >= 0.3 is 0 Å². The number of rotatable bonds is 9. The molecule has 0 radical (unpaired) electrons. The summed E-state index contributed by atoms with van der Waals surface area (Å²) in [6, 6.07) is -0.283. The number of amides is 2. The number of likely N-dealkylation sites (tertiary alicyclic amines) is 1. The lowest BCUT2D eigenvalue weighted by atomic mass is 9.92. The predicted molar refractivity (Wildman–Crippen MR) is 118 cm³/mol. The average Bonchev–Trinajstić information content (AvgIpc) is 3.41. The van der Waals surface area contributed by atoms with Crippen LogP contribution < -0.4 is 10.6 Å². The first-order valence-corrected chi connectivity index (χ1v) is 11.7. The van der Waals surface area contributed by atoms with E-state index >= 15 is 0 Å². The van der Waals surface area contributed by atoms with Crippen LogP contribution >= 0.6 is 0 Å². The Balaban J connectivity index is 1.48. The van der Waals surface area contributed by atoms with Gasteiger partial charge in [-0.05, 0) is 77.9 Å². The molecule has 30 heavy (non-hydrogen) atoms. The van der Waals surface area contributed by atoms with Crippen LogP contribution in [0.3, 0.4) is 0 Å². The molecule has 2 amide bonds. The van der Waals surface area contributed by atoms with Gasteiger partial charge in [0.05, 0.1) is 0 Å². The van der Waals surface area contributed by atoms with Crippen molar-refractivity contribution in [3.8, 4) is 0 Å². The van der Waals surface area contributed by atoms with Crippen molar-refractivity contribution in [2.75, 3.05) is 26.7 Å². The van der Waals surface area contributed by atoms with E-state index in [0.29, 0.717) is 24.8 Å².